The predicted molar refractivity (Wildman–Crippen MR) is 84.4 cm³/mol. The monoisotopic (exact) mass is 323 g/mol. The number of amides is 1. The maximum atomic E-state index is 12.8. The van der Waals surface area contributed by atoms with E-state index in [1.165, 1.54) is 11.2 Å². The Morgan fingerprint density at radius 3 is 2.77 bits per heavy atom. The SMILES string of the molecule is CC(=O)N1CCc2ccc(S(=O)(=O)N3CCN[C@@H](C)C3)cc21. The number of rotatable bonds is 2. The zero-order valence-corrected chi connectivity index (χ0v) is 13.7. The number of carbonyl (C=O) groups excluding carboxylic acids is 1. The molecule has 7 heteroatoms. The lowest BCUT2D eigenvalue weighted by Gasteiger charge is -2.31. The molecular formula is C15H21N3O3S. The largest absolute Gasteiger partial charge is 0.312 e. The molecule has 2 heterocycles. The fourth-order valence-electron chi connectivity index (χ4n) is 3.11. The van der Waals surface area contributed by atoms with E-state index >= 15 is 0 Å². The summed E-state index contributed by atoms with van der Waals surface area (Å²) in [5, 5.41) is 3.24. The molecule has 1 saturated heterocycles. The quantitative estimate of drug-likeness (QED) is 0.864. The minimum absolute atomic E-state index is 0.0518. The number of carbonyl (C=O) groups is 1. The van der Waals surface area contributed by atoms with Gasteiger partial charge >= 0.3 is 0 Å². The molecule has 0 radical (unpaired) electrons. The van der Waals surface area contributed by atoms with E-state index in [4.69, 9.17) is 0 Å². The standard InChI is InChI=1S/C15H21N3O3S/c1-11-10-17(8-6-16-11)22(20,21)14-4-3-13-5-7-18(12(2)19)15(13)9-14/h3-4,9,11,16H,5-8,10H2,1-2H3/t11-/m0/s1. The lowest BCUT2D eigenvalue weighted by Crippen LogP contribution is -2.51. The van der Waals surface area contributed by atoms with Crippen molar-refractivity contribution in [3.63, 3.8) is 0 Å². The Balaban J connectivity index is 1.95. The van der Waals surface area contributed by atoms with Crippen LogP contribution in [0.15, 0.2) is 23.1 Å². The molecule has 0 spiro atoms. The van der Waals surface area contributed by atoms with Crippen molar-refractivity contribution in [3.8, 4) is 0 Å². The number of hydrogen-bond acceptors (Lipinski definition) is 4. The number of benzene rings is 1. The van der Waals surface area contributed by atoms with Gasteiger partial charge in [0.05, 0.1) is 4.90 Å². The first-order chi connectivity index (χ1) is 10.4. The van der Waals surface area contributed by atoms with Crippen LogP contribution in [0.1, 0.15) is 19.4 Å². The van der Waals surface area contributed by atoms with Crippen molar-refractivity contribution in [1.82, 2.24) is 9.62 Å². The summed E-state index contributed by atoms with van der Waals surface area (Å²) in [4.78, 5) is 13.6. The number of nitrogens with zero attached hydrogens (tertiary/aromatic N) is 2. The lowest BCUT2D eigenvalue weighted by molar-refractivity contribution is -0.116. The molecule has 0 saturated carbocycles. The number of piperazine rings is 1. The fourth-order valence-corrected chi connectivity index (χ4v) is 4.66. The molecule has 0 aliphatic carbocycles. The highest BCUT2D eigenvalue weighted by Gasteiger charge is 2.30. The molecule has 3 rings (SSSR count). The second-order valence-electron chi connectivity index (χ2n) is 5.93. The van der Waals surface area contributed by atoms with E-state index in [9.17, 15) is 13.2 Å². The van der Waals surface area contributed by atoms with Gasteiger partial charge in [-0.2, -0.15) is 4.31 Å². The summed E-state index contributed by atoms with van der Waals surface area (Å²) in [5.74, 6) is -0.0518. The van der Waals surface area contributed by atoms with Gasteiger partial charge in [0.15, 0.2) is 0 Å². The summed E-state index contributed by atoms with van der Waals surface area (Å²) in [5.41, 5.74) is 1.76. The molecule has 2 aliphatic heterocycles. The van der Waals surface area contributed by atoms with Gasteiger partial charge in [0, 0.05) is 44.8 Å². The number of sulfonamides is 1. The predicted octanol–water partition coefficient (Wildman–Crippen LogP) is 0.578. The van der Waals surface area contributed by atoms with E-state index < -0.39 is 10.0 Å². The Morgan fingerprint density at radius 1 is 1.32 bits per heavy atom. The van der Waals surface area contributed by atoms with Crippen LogP contribution in [-0.4, -0.2) is 50.9 Å². The molecule has 1 amide bonds. The summed E-state index contributed by atoms with van der Waals surface area (Å²) in [6, 6.07) is 5.28. The van der Waals surface area contributed by atoms with E-state index in [-0.39, 0.29) is 16.8 Å². The average Bonchev–Trinajstić information content (AvgIpc) is 2.90. The van der Waals surface area contributed by atoms with E-state index in [0.717, 1.165) is 17.7 Å². The van der Waals surface area contributed by atoms with Gasteiger partial charge in [-0.15, -0.1) is 0 Å². The number of fused-ring (bicyclic) bond motifs is 1. The average molecular weight is 323 g/mol. The summed E-state index contributed by atoms with van der Waals surface area (Å²) in [6.07, 6.45) is 0.778. The lowest BCUT2D eigenvalue weighted by atomic mass is 10.2. The minimum atomic E-state index is -3.51. The van der Waals surface area contributed by atoms with Gasteiger partial charge in [0.2, 0.25) is 15.9 Å². The van der Waals surface area contributed by atoms with Crippen LogP contribution in [0, 0.1) is 0 Å². The van der Waals surface area contributed by atoms with Crippen molar-refractivity contribution >= 4 is 21.6 Å². The van der Waals surface area contributed by atoms with E-state index in [0.29, 0.717) is 26.2 Å². The third kappa shape index (κ3) is 2.64. The first kappa shape index (κ1) is 15.5. The second-order valence-corrected chi connectivity index (χ2v) is 7.87. The zero-order chi connectivity index (χ0) is 15.9. The molecule has 6 nitrogen and oxygen atoms in total. The van der Waals surface area contributed by atoms with Crippen LogP contribution in [0.25, 0.3) is 0 Å². The van der Waals surface area contributed by atoms with Crippen molar-refractivity contribution in [2.75, 3.05) is 31.1 Å². The Hall–Kier alpha value is -1.44. The second kappa shape index (κ2) is 5.64. The van der Waals surface area contributed by atoms with E-state index in [2.05, 4.69) is 5.32 Å². The summed E-state index contributed by atoms with van der Waals surface area (Å²) < 4.78 is 27.1. The third-order valence-electron chi connectivity index (χ3n) is 4.30. The van der Waals surface area contributed by atoms with Crippen LogP contribution < -0.4 is 10.2 Å². The van der Waals surface area contributed by atoms with Crippen molar-refractivity contribution in [2.24, 2.45) is 0 Å². The van der Waals surface area contributed by atoms with Crippen LogP contribution >= 0.6 is 0 Å². The highest BCUT2D eigenvalue weighted by atomic mass is 32.2. The molecule has 0 bridgehead atoms. The smallest absolute Gasteiger partial charge is 0.243 e. The summed E-state index contributed by atoms with van der Waals surface area (Å²) >= 11 is 0. The first-order valence-electron chi connectivity index (χ1n) is 7.54. The molecule has 2 aliphatic rings. The van der Waals surface area contributed by atoms with Crippen LogP contribution in [-0.2, 0) is 21.2 Å². The molecule has 1 atom stereocenters. The fraction of sp³-hybridized carbons (Fsp3) is 0.533. The number of anilines is 1. The molecular weight excluding hydrogens is 302 g/mol. The summed E-state index contributed by atoms with van der Waals surface area (Å²) in [6.45, 7) is 5.70. The van der Waals surface area contributed by atoms with Crippen LogP contribution in [0.5, 0.6) is 0 Å². The van der Waals surface area contributed by atoms with Crippen molar-refractivity contribution in [2.45, 2.75) is 31.2 Å². The normalized spacial score (nSPS) is 22.6. The van der Waals surface area contributed by atoms with Gasteiger partial charge in [0.1, 0.15) is 0 Å². The van der Waals surface area contributed by atoms with Crippen molar-refractivity contribution < 1.29 is 13.2 Å². The van der Waals surface area contributed by atoms with E-state index in [1.54, 1.807) is 17.0 Å². The highest BCUT2D eigenvalue weighted by molar-refractivity contribution is 7.89. The Labute approximate surface area is 131 Å². The maximum absolute atomic E-state index is 12.8. The number of hydrogen-bond donors (Lipinski definition) is 1. The van der Waals surface area contributed by atoms with Gasteiger partial charge in [0.25, 0.3) is 0 Å². The molecule has 1 aromatic carbocycles. The topological polar surface area (TPSA) is 69.7 Å². The Kier molecular flexibility index (Phi) is 3.96. The molecule has 120 valence electrons. The van der Waals surface area contributed by atoms with Gasteiger partial charge < -0.3 is 10.2 Å². The van der Waals surface area contributed by atoms with Crippen molar-refractivity contribution in [1.29, 1.82) is 0 Å². The summed E-state index contributed by atoms with van der Waals surface area (Å²) in [7, 11) is -3.51. The van der Waals surface area contributed by atoms with Crippen molar-refractivity contribution in [3.05, 3.63) is 23.8 Å². The van der Waals surface area contributed by atoms with Crippen LogP contribution in [0.3, 0.4) is 0 Å². The van der Waals surface area contributed by atoms with Gasteiger partial charge in [-0.3, -0.25) is 4.79 Å². The Bertz CT molecular complexity index is 702. The number of nitrogens with one attached hydrogen (secondary N) is 1. The Morgan fingerprint density at radius 2 is 2.09 bits per heavy atom. The minimum Gasteiger partial charge on any atom is -0.312 e. The molecule has 1 fully saturated rings. The van der Waals surface area contributed by atoms with Gasteiger partial charge in [-0.25, -0.2) is 8.42 Å². The van der Waals surface area contributed by atoms with Gasteiger partial charge in [-0.1, -0.05) is 6.07 Å². The highest BCUT2D eigenvalue weighted by Crippen LogP contribution is 2.31. The third-order valence-corrected chi connectivity index (χ3v) is 6.16. The molecule has 0 aromatic heterocycles. The zero-order valence-electron chi connectivity index (χ0n) is 12.9. The molecule has 0 unspecified atom stereocenters. The van der Waals surface area contributed by atoms with E-state index in [1.807, 2.05) is 13.0 Å². The van der Waals surface area contributed by atoms with Gasteiger partial charge in [-0.05, 0) is 31.0 Å². The molecule has 22 heavy (non-hydrogen) atoms. The first-order valence-corrected chi connectivity index (χ1v) is 8.98. The molecule has 1 aromatic rings. The van der Waals surface area contributed by atoms with Crippen LogP contribution in [0.4, 0.5) is 5.69 Å². The van der Waals surface area contributed by atoms with Crippen LogP contribution in [0.2, 0.25) is 0 Å². The molecule has 1 N–H and O–H groups in total. The maximum Gasteiger partial charge on any atom is 0.243 e.